The lowest BCUT2D eigenvalue weighted by atomic mass is 10.1. The molecule has 2 N–H and O–H groups in total. The van der Waals surface area contributed by atoms with Crippen LogP contribution in [0.3, 0.4) is 0 Å². The smallest absolute Gasteiger partial charge is 0.122 e. The molecule has 0 saturated heterocycles. The Morgan fingerprint density at radius 2 is 1.93 bits per heavy atom. The summed E-state index contributed by atoms with van der Waals surface area (Å²) in [6.45, 7) is 0.686. The van der Waals surface area contributed by atoms with Crippen molar-refractivity contribution in [1.29, 1.82) is 0 Å². The third kappa shape index (κ3) is 2.72. The largest absolute Gasteiger partial charge is 0.490 e. The van der Waals surface area contributed by atoms with E-state index < -0.39 is 0 Å². The van der Waals surface area contributed by atoms with E-state index in [9.17, 15) is 0 Å². The van der Waals surface area contributed by atoms with Gasteiger partial charge in [-0.2, -0.15) is 0 Å². The maximum Gasteiger partial charge on any atom is 0.122 e. The van der Waals surface area contributed by atoms with Crippen molar-refractivity contribution in [3.05, 3.63) is 29.8 Å². The average Bonchev–Trinajstić information content (AvgIpc) is 2.74. The van der Waals surface area contributed by atoms with Crippen molar-refractivity contribution in [2.24, 2.45) is 5.73 Å². The minimum atomic E-state index is 0.434. The van der Waals surface area contributed by atoms with Crippen LogP contribution in [0.5, 0.6) is 5.75 Å². The minimum absolute atomic E-state index is 0.434. The minimum Gasteiger partial charge on any atom is -0.490 e. The van der Waals surface area contributed by atoms with Crippen LogP contribution in [0.25, 0.3) is 0 Å². The number of hydrogen-bond donors (Lipinski definition) is 1. The van der Waals surface area contributed by atoms with E-state index in [1.165, 1.54) is 31.2 Å². The maximum atomic E-state index is 6.00. The van der Waals surface area contributed by atoms with E-state index in [4.69, 9.17) is 10.5 Å². The monoisotopic (exact) mass is 205 g/mol. The molecular formula is C13H19NO. The van der Waals surface area contributed by atoms with Gasteiger partial charge in [0.05, 0.1) is 6.10 Å². The molecule has 0 aliphatic heterocycles. The molecule has 0 radical (unpaired) electrons. The predicted octanol–water partition coefficient (Wildman–Crippen LogP) is 2.51. The molecule has 0 heterocycles. The van der Waals surface area contributed by atoms with E-state index in [1.807, 2.05) is 12.1 Å². The fourth-order valence-corrected chi connectivity index (χ4v) is 2.17. The van der Waals surface area contributed by atoms with Gasteiger partial charge in [0, 0.05) is 0 Å². The van der Waals surface area contributed by atoms with Crippen LogP contribution in [-0.2, 0) is 6.42 Å². The molecule has 82 valence electrons. The molecule has 1 aromatic carbocycles. The molecule has 2 rings (SSSR count). The summed E-state index contributed by atoms with van der Waals surface area (Å²) in [7, 11) is 0. The van der Waals surface area contributed by atoms with Crippen molar-refractivity contribution in [2.75, 3.05) is 6.54 Å². The van der Waals surface area contributed by atoms with Gasteiger partial charge in [-0.25, -0.2) is 0 Å². The Labute approximate surface area is 91.4 Å². The summed E-state index contributed by atoms with van der Waals surface area (Å²) in [6, 6.07) is 8.25. The Morgan fingerprint density at radius 1 is 1.20 bits per heavy atom. The zero-order valence-corrected chi connectivity index (χ0v) is 9.11. The van der Waals surface area contributed by atoms with E-state index >= 15 is 0 Å². The number of nitrogens with two attached hydrogens (primary N) is 1. The molecule has 0 amide bonds. The summed E-state index contributed by atoms with van der Waals surface area (Å²) in [5.41, 5.74) is 6.82. The van der Waals surface area contributed by atoms with Crippen molar-refractivity contribution in [3.8, 4) is 5.75 Å². The van der Waals surface area contributed by atoms with Crippen LogP contribution in [0.1, 0.15) is 31.2 Å². The third-order valence-corrected chi connectivity index (χ3v) is 2.98. The predicted molar refractivity (Wildman–Crippen MR) is 62.1 cm³/mol. The maximum absolute atomic E-state index is 6.00. The Bertz CT molecular complexity index is 305. The van der Waals surface area contributed by atoms with E-state index in [-0.39, 0.29) is 0 Å². The standard InChI is InChI=1S/C13H19NO/c14-10-9-11-5-1-4-8-13(11)15-12-6-2-3-7-12/h1,4-5,8,12H,2-3,6-7,9-10,14H2. The van der Waals surface area contributed by atoms with Gasteiger partial charge in [-0.05, 0) is 50.3 Å². The van der Waals surface area contributed by atoms with E-state index in [0.29, 0.717) is 12.6 Å². The number of benzene rings is 1. The molecule has 0 aromatic heterocycles. The molecule has 0 spiro atoms. The van der Waals surface area contributed by atoms with Gasteiger partial charge in [-0.1, -0.05) is 18.2 Å². The van der Waals surface area contributed by atoms with E-state index in [0.717, 1.165) is 12.2 Å². The van der Waals surface area contributed by atoms with Gasteiger partial charge in [0.2, 0.25) is 0 Å². The van der Waals surface area contributed by atoms with Gasteiger partial charge >= 0.3 is 0 Å². The van der Waals surface area contributed by atoms with Crippen LogP contribution in [0, 0.1) is 0 Å². The van der Waals surface area contributed by atoms with Crippen LogP contribution in [0.2, 0.25) is 0 Å². The highest BCUT2D eigenvalue weighted by atomic mass is 16.5. The first-order chi connectivity index (χ1) is 7.40. The molecule has 1 fully saturated rings. The molecule has 2 heteroatoms. The van der Waals surface area contributed by atoms with Crippen molar-refractivity contribution >= 4 is 0 Å². The molecule has 1 aliphatic rings. The lowest BCUT2D eigenvalue weighted by molar-refractivity contribution is 0.208. The first-order valence-corrected chi connectivity index (χ1v) is 5.85. The van der Waals surface area contributed by atoms with Crippen molar-refractivity contribution in [2.45, 2.75) is 38.2 Å². The third-order valence-electron chi connectivity index (χ3n) is 2.98. The highest BCUT2D eigenvalue weighted by molar-refractivity contribution is 5.33. The molecule has 1 aliphatic carbocycles. The number of rotatable bonds is 4. The summed E-state index contributed by atoms with van der Waals surface area (Å²) >= 11 is 0. The average molecular weight is 205 g/mol. The lowest BCUT2D eigenvalue weighted by Gasteiger charge is -2.16. The Kier molecular flexibility index (Phi) is 3.62. The SMILES string of the molecule is NCCc1ccccc1OC1CCCC1. The number of ether oxygens (including phenoxy) is 1. The second-order valence-corrected chi connectivity index (χ2v) is 4.17. The Morgan fingerprint density at radius 3 is 2.67 bits per heavy atom. The highest BCUT2D eigenvalue weighted by Crippen LogP contribution is 2.26. The molecule has 1 saturated carbocycles. The summed E-state index contributed by atoms with van der Waals surface area (Å²) in [6.07, 6.45) is 6.37. The zero-order valence-electron chi connectivity index (χ0n) is 9.11. The summed E-state index contributed by atoms with van der Waals surface area (Å²) in [5.74, 6) is 1.04. The summed E-state index contributed by atoms with van der Waals surface area (Å²) in [4.78, 5) is 0. The second-order valence-electron chi connectivity index (χ2n) is 4.17. The van der Waals surface area contributed by atoms with Crippen LogP contribution in [0.4, 0.5) is 0 Å². The first kappa shape index (κ1) is 10.5. The summed E-state index contributed by atoms with van der Waals surface area (Å²) < 4.78 is 6.00. The van der Waals surface area contributed by atoms with Crippen molar-refractivity contribution < 1.29 is 4.74 Å². The van der Waals surface area contributed by atoms with Crippen molar-refractivity contribution in [1.82, 2.24) is 0 Å². The Balaban J connectivity index is 2.05. The second kappa shape index (κ2) is 5.17. The number of para-hydroxylation sites is 1. The van der Waals surface area contributed by atoms with Crippen LogP contribution < -0.4 is 10.5 Å². The first-order valence-electron chi connectivity index (χ1n) is 5.85. The van der Waals surface area contributed by atoms with Gasteiger partial charge < -0.3 is 10.5 Å². The highest BCUT2D eigenvalue weighted by Gasteiger charge is 2.17. The fourth-order valence-electron chi connectivity index (χ4n) is 2.17. The van der Waals surface area contributed by atoms with E-state index in [1.54, 1.807) is 0 Å². The number of hydrogen-bond acceptors (Lipinski definition) is 2. The van der Waals surface area contributed by atoms with Gasteiger partial charge in [0.25, 0.3) is 0 Å². The molecule has 0 unspecified atom stereocenters. The molecule has 2 nitrogen and oxygen atoms in total. The van der Waals surface area contributed by atoms with Gasteiger partial charge in [-0.15, -0.1) is 0 Å². The van der Waals surface area contributed by atoms with Crippen LogP contribution in [-0.4, -0.2) is 12.6 Å². The topological polar surface area (TPSA) is 35.2 Å². The Hall–Kier alpha value is -1.02. The molecule has 15 heavy (non-hydrogen) atoms. The quantitative estimate of drug-likeness (QED) is 0.819. The summed E-state index contributed by atoms with van der Waals surface area (Å²) in [5, 5.41) is 0. The zero-order chi connectivity index (χ0) is 10.5. The molecule has 0 atom stereocenters. The van der Waals surface area contributed by atoms with Gasteiger partial charge in [0.1, 0.15) is 5.75 Å². The van der Waals surface area contributed by atoms with E-state index in [2.05, 4.69) is 12.1 Å². The van der Waals surface area contributed by atoms with Gasteiger partial charge in [0.15, 0.2) is 0 Å². The fraction of sp³-hybridized carbons (Fsp3) is 0.538. The molecule has 0 bridgehead atoms. The van der Waals surface area contributed by atoms with Crippen LogP contribution >= 0.6 is 0 Å². The molecular weight excluding hydrogens is 186 g/mol. The lowest BCUT2D eigenvalue weighted by Crippen LogP contribution is -2.13. The van der Waals surface area contributed by atoms with Gasteiger partial charge in [-0.3, -0.25) is 0 Å². The molecule has 1 aromatic rings. The normalized spacial score (nSPS) is 16.9. The van der Waals surface area contributed by atoms with Crippen LogP contribution in [0.15, 0.2) is 24.3 Å². The van der Waals surface area contributed by atoms with Crippen molar-refractivity contribution in [3.63, 3.8) is 0 Å².